The van der Waals surface area contributed by atoms with Gasteiger partial charge in [0, 0.05) is 41.5 Å². The van der Waals surface area contributed by atoms with E-state index in [1.54, 1.807) is 61.0 Å². The topological polar surface area (TPSA) is 244 Å². The van der Waals surface area contributed by atoms with Crippen LogP contribution in [-0.4, -0.2) is 172 Å². The van der Waals surface area contributed by atoms with Crippen molar-refractivity contribution in [2.75, 3.05) is 68.8 Å². The molecule has 0 aliphatic carbocycles. The number of phosphoric acid groups is 1. The SMILES string of the molecule is C=P(O)(O[C@@H](c1ccccc1)[C@@H](C)NC(=O)[C@H](C)[C@@H](OC)[C@@H]1CCCN1C(=O)C[C@@H](OC)[C@H]([C@@H](C)CC)N(C)C(=O)[C@@H](NC(=O)[C@H](C(C)C)N(C)C)C(C)C)OP(=O)(O)OCCNC(=O)COC. The molecule has 0 bridgehead atoms. The Morgan fingerprint density at radius 3 is 2.07 bits per heavy atom. The third kappa shape index (κ3) is 18.2. The lowest BCUT2D eigenvalue weighted by atomic mass is 9.89. The second kappa shape index (κ2) is 28.6. The van der Waals surface area contributed by atoms with Crippen molar-refractivity contribution in [3.63, 3.8) is 0 Å². The maximum absolute atomic E-state index is 14.4. The first-order valence-electron chi connectivity index (χ1n) is 23.3. The zero-order valence-electron chi connectivity index (χ0n) is 42.7. The fourth-order valence-electron chi connectivity index (χ4n) is 8.84. The molecule has 1 aliphatic rings. The minimum Gasteiger partial charge on any atom is -0.379 e. The number of carbonyl (C=O) groups is 5. The summed E-state index contributed by atoms with van der Waals surface area (Å²) in [6.45, 7) is 14.6. The highest BCUT2D eigenvalue weighted by Gasteiger charge is 2.44. The van der Waals surface area contributed by atoms with Gasteiger partial charge in [-0.25, -0.2) is 8.88 Å². The van der Waals surface area contributed by atoms with Gasteiger partial charge in [-0.05, 0) is 63.5 Å². The molecular formula is C46H82N6O14P2. The molecule has 68 heavy (non-hydrogen) atoms. The smallest absolute Gasteiger partial charge is 0.379 e. The first-order valence-corrected chi connectivity index (χ1v) is 26.6. The number of hydrogen-bond donors (Lipinski definition) is 5. The van der Waals surface area contributed by atoms with Crippen LogP contribution in [0.2, 0.25) is 0 Å². The number of nitrogens with zero attached hydrogens (tertiary/aromatic N) is 3. The van der Waals surface area contributed by atoms with Crippen LogP contribution in [0.1, 0.15) is 92.7 Å². The molecular weight excluding hydrogens is 922 g/mol. The van der Waals surface area contributed by atoms with E-state index in [0.29, 0.717) is 31.4 Å². The highest BCUT2D eigenvalue weighted by Crippen LogP contribution is 2.62. The molecule has 1 heterocycles. The molecule has 2 unspecified atom stereocenters. The molecule has 0 saturated carbocycles. The number of benzene rings is 1. The maximum Gasteiger partial charge on any atom is 0.478 e. The molecule has 390 valence electrons. The molecule has 1 aromatic carbocycles. The molecule has 22 heteroatoms. The van der Waals surface area contributed by atoms with Gasteiger partial charge in [-0.15, -0.1) is 0 Å². The quantitative estimate of drug-likeness (QED) is 0.0541. The number of likely N-dealkylation sites (tertiary alicyclic amines) is 1. The van der Waals surface area contributed by atoms with Gasteiger partial charge in [0.2, 0.25) is 29.5 Å². The molecule has 5 amide bonds. The highest BCUT2D eigenvalue weighted by molar-refractivity contribution is 7.67. The molecule has 12 atom stereocenters. The zero-order valence-corrected chi connectivity index (χ0v) is 44.5. The average molecular weight is 1010 g/mol. The van der Waals surface area contributed by atoms with E-state index >= 15 is 0 Å². The Morgan fingerprint density at radius 1 is 0.912 bits per heavy atom. The summed E-state index contributed by atoms with van der Waals surface area (Å²) < 4.78 is 45.3. The predicted molar refractivity (Wildman–Crippen MR) is 261 cm³/mol. The molecule has 0 spiro atoms. The number of methoxy groups -OCH3 is 3. The van der Waals surface area contributed by atoms with Crippen LogP contribution in [0.5, 0.6) is 0 Å². The van der Waals surface area contributed by atoms with Crippen LogP contribution in [0.4, 0.5) is 0 Å². The average Bonchev–Trinajstić information content (AvgIpc) is 3.75. The first kappa shape index (κ1) is 60.9. The van der Waals surface area contributed by atoms with Crippen LogP contribution in [0.3, 0.4) is 0 Å². The molecule has 0 radical (unpaired) electrons. The first-order chi connectivity index (χ1) is 31.8. The number of hydrogen-bond acceptors (Lipinski definition) is 14. The molecule has 1 fully saturated rings. The Morgan fingerprint density at radius 2 is 1.54 bits per heavy atom. The Kier molecular flexibility index (Phi) is 25.6. The second-order valence-corrected chi connectivity index (χ2v) is 21.8. The summed E-state index contributed by atoms with van der Waals surface area (Å²) >= 11 is 0. The molecule has 5 N–H and O–H groups in total. The molecule has 1 aromatic rings. The summed E-state index contributed by atoms with van der Waals surface area (Å²) in [4.78, 5) is 94.7. The lowest BCUT2D eigenvalue weighted by Gasteiger charge is -2.41. The molecule has 20 nitrogen and oxygen atoms in total. The van der Waals surface area contributed by atoms with Crippen LogP contribution in [0, 0.1) is 23.7 Å². The predicted octanol–water partition coefficient (Wildman–Crippen LogP) is 3.98. The number of phosphoric ester groups is 1. The van der Waals surface area contributed by atoms with E-state index in [4.69, 9.17) is 27.6 Å². The van der Waals surface area contributed by atoms with Gasteiger partial charge < -0.3 is 54.3 Å². The van der Waals surface area contributed by atoms with Gasteiger partial charge in [0.15, 0.2) is 0 Å². The minimum atomic E-state index is -4.96. The van der Waals surface area contributed by atoms with Gasteiger partial charge in [-0.1, -0.05) is 85.2 Å². The van der Waals surface area contributed by atoms with Gasteiger partial charge in [0.1, 0.15) is 18.8 Å². The normalized spacial score (nSPS) is 20.0. The monoisotopic (exact) mass is 1000 g/mol. The Hall–Kier alpha value is -3.26. The van der Waals surface area contributed by atoms with Crippen molar-refractivity contribution in [2.45, 2.75) is 130 Å². The summed E-state index contributed by atoms with van der Waals surface area (Å²) in [7, 11) is 0.358. The van der Waals surface area contributed by atoms with Crippen molar-refractivity contribution in [3.8, 4) is 0 Å². The lowest BCUT2D eigenvalue weighted by molar-refractivity contribution is -0.148. The zero-order chi connectivity index (χ0) is 51.7. The summed E-state index contributed by atoms with van der Waals surface area (Å²) in [5.74, 6) is -2.82. The maximum atomic E-state index is 14.4. The van der Waals surface area contributed by atoms with E-state index in [1.165, 1.54) is 21.3 Å². The van der Waals surface area contributed by atoms with E-state index in [0.717, 1.165) is 0 Å². The molecule has 0 aromatic heterocycles. The van der Waals surface area contributed by atoms with E-state index in [9.17, 15) is 38.3 Å². The number of ether oxygens (including phenoxy) is 3. The second-order valence-electron chi connectivity index (χ2n) is 18.5. The number of likely N-dealkylation sites (N-methyl/N-ethyl adjacent to an activating group) is 2. The highest BCUT2D eigenvalue weighted by atomic mass is 31.3. The lowest BCUT2D eigenvalue weighted by Crippen LogP contribution is -2.59. The third-order valence-corrected chi connectivity index (χ3v) is 15.3. The van der Waals surface area contributed by atoms with Gasteiger partial charge in [-0.2, -0.15) is 0 Å². The molecule has 2 rings (SSSR count). The minimum absolute atomic E-state index is 0.00566. The van der Waals surface area contributed by atoms with Gasteiger partial charge in [0.05, 0.1) is 55.3 Å². The van der Waals surface area contributed by atoms with Gasteiger partial charge in [-0.3, -0.25) is 33.4 Å². The van der Waals surface area contributed by atoms with Crippen molar-refractivity contribution in [3.05, 3.63) is 35.9 Å². The summed E-state index contributed by atoms with van der Waals surface area (Å²) in [5.41, 5.74) is 0.480. The summed E-state index contributed by atoms with van der Waals surface area (Å²) in [5, 5.41) is 8.37. The van der Waals surface area contributed by atoms with E-state index < -0.39 is 88.2 Å². The number of nitrogens with one attached hydrogen (secondary N) is 3. The molecule has 1 aliphatic heterocycles. The largest absolute Gasteiger partial charge is 0.478 e. The van der Waals surface area contributed by atoms with Crippen LogP contribution in [0.15, 0.2) is 30.3 Å². The number of amides is 5. The van der Waals surface area contributed by atoms with Gasteiger partial charge >= 0.3 is 7.82 Å². The Bertz CT molecular complexity index is 1850. The van der Waals surface area contributed by atoms with E-state index in [2.05, 4.69) is 22.2 Å². The number of rotatable bonds is 30. The Balaban J connectivity index is 2.29. The third-order valence-electron chi connectivity index (χ3n) is 12.4. The molecule has 1 saturated heterocycles. The van der Waals surface area contributed by atoms with Crippen molar-refractivity contribution in [1.82, 2.24) is 30.7 Å². The van der Waals surface area contributed by atoms with Crippen molar-refractivity contribution >= 4 is 51.2 Å². The van der Waals surface area contributed by atoms with E-state index in [-0.39, 0.29) is 55.0 Å². The summed E-state index contributed by atoms with van der Waals surface area (Å²) in [6, 6.07) is 5.36. The fourth-order valence-corrected chi connectivity index (χ4v) is 11.5. The van der Waals surface area contributed by atoms with Gasteiger partial charge in [0.25, 0.3) is 7.57 Å². The fraction of sp³-hybridized carbons (Fsp3) is 0.739. The van der Waals surface area contributed by atoms with Crippen LogP contribution in [-0.2, 0) is 56.1 Å². The van der Waals surface area contributed by atoms with Crippen LogP contribution >= 0.6 is 15.4 Å². The van der Waals surface area contributed by atoms with E-state index in [1.807, 2.05) is 60.5 Å². The van der Waals surface area contributed by atoms with Crippen molar-refractivity contribution in [1.29, 1.82) is 0 Å². The standard InChI is InChI=1S/C46H82N6O14P2/c1-16-31(6)41(51(11)46(57)39(29(2)3)49-45(56)40(30(4)5)50(9)10)36(62-13)27-38(54)52-25-20-23-35(52)42(63-14)32(7)44(55)48-33(8)43(34-21-18-17-19-22-34)65-67(15,58)66-68(59,60)64-26-24-47-37(53)28-61-12/h17-19,21-22,29-33,35-36,39-43,58H,15-16,20,23-28H2,1-14H3,(H,47,53)(H,48,55)(H,49,56)(H,59,60)/t31-,32+,33+,35-,36+,39-,40-,41-,42+,43+,67?/m0/s1. The van der Waals surface area contributed by atoms with Crippen LogP contribution in [0.25, 0.3) is 0 Å². The summed E-state index contributed by atoms with van der Waals surface area (Å²) in [6.07, 6.45) is 2.76. The van der Waals surface area contributed by atoms with Crippen LogP contribution < -0.4 is 16.0 Å². The number of carbonyl (C=O) groups excluding carboxylic acids is 5. The Labute approximate surface area is 404 Å². The van der Waals surface area contributed by atoms with Crippen molar-refractivity contribution < 1.29 is 65.9 Å². The van der Waals surface area contributed by atoms with Crippen molar-refractivity contribution in [2.24, 2.45) is 23.7 Å².